The van der Waals surface area contributed by atoms with Gasteiger partial charge in [0, 0.05) is 44.3 Å². The van der Waals surface area contributed by atoms with Gasteiger partial charge in [-0.1, -0.05) is 11.6 Å². The number of piperazine rings is 1. The maximum atomic E-state index is 13.1. The van der Waals surface area contributed by atoms with Crippen molar-refractivity contribution >= 4 is 33.4 Å². The van der Waals surface area contributed by atoms with Crippen LogP contribution in [0.4, 0.5) is 5.69 Å². The molecular formula is C20H31ClN4O5S. The van der Waals surface area contributed by atoms with Crippen molar-refractivity contribution in [3.63, 3.8) is 0 Å². The molecule has 2 aliphatic rings. The molecule has 2 fully saturated rings. The van der Waals surface area contributed by atoms with Gasteiger partial charge in [0.15, 0.2) is 0 Å². The van der Waals surface area contributed by atoms with Crippen LogP contribution in [0.3, 0.4) is 0 Å². The van der Waals surface area contributed by atoms with Crippen molar-refractivity contribution in [1.29, 1.82) is 0 Å². The normalized spacial score (nSPS) is 25.2. The first kappa shape index (κ1) is 24.2. The van der Waals surface area contributed by atoms with Crippen LogP contribution in [-0.4, -0.2) is 92.5 Å². The number of nitrogens with zero attached hydrogens (tertiary/aromatic N) is 3. The van der Waals surface area contributed by atoms with E-state index >= 15 is 0 Å². The molecule has 1 aromatic carbocycles. The fraction of sp³-hybridized carbons (Fsp3) is 0.650. The van der Waals surface area contributed by atoms with Crippen LogP contribution in [0.2, 0.25) is 5.02 Å². The Kier molecular flexibility index (Phi) is 7.82. The molecule has 1 amide bonds. The number of anilines is 1. The predicted molar refractivity (Wildman–Crippen MR) is 120 cm³/mol. The van der Waals surface area contributed by atoms with Gasteiger partial charge in [0.2, 0.25) is 5.91 Å². The van der Waals surface area contributed by atoms with Gasteiger partial charge in [0.25, 0.3) is 10.2 Å². The summed E-state index contributed by atoms with van der Waals surface area (Å²) in [6.07, 6.45) is -0.265. The third-order valence-electron chi connectivity index (χ3n) is 5.66. The first-order valence-electron chi connectivity index (χ1n) is 10.4. The zero-order valence-electron chi connectivity index (χ0n) is 18.4. The minimum Gasteiger partial charge on any atom is -0.495 e. The zero-order chi connectivity index (χ0) is 22.8. The number of nitrogens with one attached hydrogen (secondary N) is 1. The second kappa shape index (κ2) is 10.0. The summed E-state index contributed by atoms with van der Waals surface area (Å²) in [6, 6.07) is 4.59. The lowest BCUT2D eigenvalue weighted by atomic mass is 10.2. The molecule has 9 nitrogen and oxygen atoms in total. The maximum Gasteiger partial charge on any atom is 0.282 e. The zero-order valence-corrected chi connectivity index (χ0v) is 19.9. The second-order valence-electron chi connectivity index (χ2n) is 8.03. The number of hydrogen-bond acceptors (Lipinski definition) is 6. The minimum absolute atomic E-state index is 0.132. The average Bonchev–Trinajstić information content (AvgIpc) is 2.72. The van der Waals surface area contributed by atoms with Gasteiger partial charge in [-0.2, -0.15) is 17.0 Å². The molecule has 11 heteroatoms. The molecule has 2 aliphatic heterocycles. The Labute approximate surface area is 189 Å². The summed E-state index contributed by atoms with van der Waals surface area (Å²) in [5.41, 5.74) is 0.503. The van der Waals surface area contributed by atoms with Gasteiger partial charge in [-0.25, -0.2) is 0 Å². The van der Waals surface area contributed by atoms with E-state index in [4.69, 9.17) is 21.1 Å². The van der Waals surface area contributed by atoms with Crippen LogP contribution in [0.15, 0.2) is 18.2 Å². The monoisotopic (exact) mass is 474 g/mol. The number of rotatable bonds is 6. The molecule has 0 spiro atoms. The van der Waals surface area contributed by atoms with E-state index in [1.807, 2.05) is 25.7 Å². The molecule has 2 heterocycles. The Hall–Kier alpha value is -1.43. The maximum absolute atomic E-state index is 13.1. The molecule has 0 unspecified atom stereocenters. The Bertz CT molecular complexity index is 882. The molecule has 0 aliphatic carbocycles. The molecule has 3 rings (SSSR count). The van der Waals surface area contributed by atoms with Crippen molar-refractivity contribution in [3.05, 3.63) is 23.2 Å². The lowest BCUT2D eigenvalue weighted by Crippen LogP contribution is -2.58. The Morgan fingerprint density at radius 3 is 2.35 bits per heavy atom. The highest BCUT2D eigenvalue weighted by Crippen LogP contribution is 2.28. The number of methoxy groups -OCH3 is 1. The van der Waals surface area contributed by atoms with Gasteiger partial charge in [-0.05, 0) is 39.0 Å². The Morgan fingerprint density at radius 2 is 1.77 bits per heavy atom. The van der Waals surface area contributed by atoms with E-state index in [0.717, 1.165) is 0 Å². The lowest BCUT2D eigenvalue weighted by molar-refractivity contribution is -0.121. The molecule has 2 saturated heterocycles. The van der Waals surface area contributed by atoms with E-state index in [-0.39, 0.29) is 18.1 Å². The summed E-state index contributed by atoms with van der Waals surface area (Å²) in [5.74, 6) is 0.322. The highest BCUT2D eigenvalue weighted by molar-refractivity contribution is 7.86. The third kappa shape index (κ3) is 5.68. The number of ether oxygens (including phenoxy) is 2. The SMILES string of the molecule is COc1ccc(Cl)cc1NC(=O)[C@@H](C)N1CCN(S(=O)(=O)N2C[C@@H](C)O[C@@H](C)C2)CC1. The number of hydrogen-bond donors (Lipinski definition) is 1. The second-order valence-corrected chi connectivity index (χ2v) is 10.4. The topological polar surface area (TPSA) is 91.4 Å². The van der Waals surface area contributed by atoms with Crippen molar-refractivity contribution in [3.8, 4) is 5.75 Å². The van der Waals surface area contributed by atoms with E-state index in [0.29, 0.717) is 55.7 Å². The largest absolute Gasteiger partial charge is 0.495 e. The average molecular weight is 475 g/mol. The Morgan fingerprint density at radius 1 is 1.16 bits per heavy atom. The summed E-state index contributed by atoms with van der Waals surface area (Å²) in [6.45, 7) is 7.88. The highest BCUT2D eigenvalue weighted by atomic mass is 35.5. The van der Waals surface area contributed by atoms with Crippen LogP contribution >= 0.6 is 11.6 Å². The predicted octanol–water partition coefficient (Wildman–Crippen LogP) is 1.65. The molecule has 0 radical (unpaired) electrons. The van der Waals surface area contributed by atoms with Crippen LogP contribution in [0.1, 0.15) is 20.8 Å². The van der Waals surface area contributed by atoms with E-state index in [1.54, 1.807) is 18.2 Å². The first-order valence-corrected chi connectivity index (χ1v) is 12.2. The van der Waals surface area contributed by atoms with Crippen LogP contribution in [0, 0.1) is 0 Å². The standard InChI is InChI=1S/C20H31ClN4O5S/c1-14-12-25(13-15(2)30-14)31(27,28)24-9-7-23(8-10-24)16(3)20(26)22-18-11-17(21)5-6-19(18)29-4/h5-6,11,14-16H,7-10,12-13H2,1-4H3,(H,22,26)/t14-,15+,16-/m1/s1. The number of carbonyl (C=O) groups is 1. The summed E-state index contributed by atoms with van der Waals surface area (Å²) in [7, 11) is -2.03. The molecule has 0 bridgehead atoms. The summed E-state index contributed by atoms with van der Waals surface area (Å²) in [5, 5.41) is 3.35. The van der Waals surface area contributed by atoms with Gasteiger partial charge in [-0.3, -0.25) is 9.69 Å². The van der Waals surface area contributed by atoms with E-state index in [2.05, 4.69) is 5.32 Å². The fourth-order valence-electron chi connectivity index (χ4n) is 3.98. The molecule has 0 aromatic heterocycles. The van der Waals surface area contributed by atoms with Crippen molar-refractivity contribution in [2.24, 2.45) is 0 Å². The quantitative estimate of drug-likeness (QED) is 0.674. The first-order chi connectivity index (χ1) is 14.6. The van der Waals surface area contributed by atoms with Crippen LogP contribution < -0.4 is 10.1 Å². The lowest BCUT2D eigenvalue weighted by Gasteiger charge is -2.41. The van der Waals surface area contributed by atoms with E-state index in [9.17, 15) is 13.2 Å². The van der Waals surface area contributed by atoms with E-state index < -0.39 is 16.3 Å². The summed E-state index contributed by atoms with van der Waals surface area (Å²) < 4.78 is 40.0. The van der Waals surface area contributed by atoms with Gasteiger partial charge in [0.1, 0.15) is 5.75 Å². The van der Waals surface area contributed by atoms with Crippen molar-refractivity contribution in [1.82, 2.24) is 13.5 Å². The van der Waals surface area contributed by atoms with Crippen LogP contribution in [0.25, 0.3) is 0 Å². The molecule has 1 N–H and O–H groups in total. The molecular weight excluding hydrogens is 444 g/mol. The number of halogens is 1. The number of morpholine rings is 1. The van der Waals surface area contributed by atoms with Gasteiger partial charge in [-0.15, -0.1) is 0 Å². The molecule has 3 atom stereocenters. The molecule has 31 heavy (non-hydrogen) atoms. The van der Waals surface area contributed by atoms with Crippen LogP contribution in [0.5, 0.6) is 5.75 Å². The van der Waals surface area contributed by atoms with Crippen molar-refractivity contribution in [2.75, 3.05) is 51.7 Å². The van der Waals surface area contributed by atoms with E-state index in [1.165, 1.54) is 15.7 Å². The Balaban J connectivity index is 1.59. The smallest absolute Gasteiger partial charge is 0.282 e. The number of carbonyl (C=O) groups excluding carboxylic acids is 1. The highest BCUT2D eigenvalue weighted by Gasteiger charge is 2.37. The number of amides is 1. The molecule has 174 valence electrons. The summed E-state index contributed by atoms with van der Waals surface area (Å²) in [4.78, 5) is 14.8. The van der Waals surface area contributed by atoms with Crippen molar-refractivity contribution in [2.45, 2.75) is 39.0 Å². The fourth-order valence-corrected chi connectivity index (χ4v) is 5.90. The van der Waals surface area contributed by atoms with Crippen molar-refractivity contribution < 1.29 is 22.7 Å². The molecule has 1 aromatic rings. The number of benzene rings is 1. The summed E-state index contributed by atoms with van der Waals surface area (Å²) >= 11 is 6.03. The van der Waals surface area contributed by atoms with Gasteiger partial charge >= 0.3 is 0 Å². The minimum atomic E-state index is -3.55. The van der Waals surface area contributed by atoms with Crippen LogP contribution in [-0.2, 0) is 19.7 Å². The van der Waals surface area contributed by atoms with Gasteiger partial charge < -0.3 is 14.8 Å². The third-order valence-corrected chi connectivity index (χ3v) is 7.86. The van der Waals surface area contributed by atoms with Gasteiger partial charge in [0.05, 0.1) is 31.0 Å². The molecule has 0 saturated carbocycles.